The summed E-state index contributed by atoms with van der Waals surface area (Å²) in [6.07, 6.45) is 1.98. The molecule has 1 aliphatic heterocycles. The van der Waals surface area contributed by atoms with E-state index in [-0.39, 0.29) is 24.0 Å². The fourth-order valence-electron chi connectivity index (χ4n) is 3.31. The quantitative estimate of drug-likeness (QED) is 0.576. The highest BCUT2D eigenvalue weighted by Gasteiger charge is 2.48. The van der Waals surface area contributed by atoms with E-state index in [2.05, 4.69) is 6.58 Å². The topological polar surface area (TPSA) is 57.7 Å². The summed E-state index contributed by atoms with van der Waals surface area (Å²) in [6, 6.07) is 0. The third-order valence-corrected chi connectivity index (χ3v) is 6.77. The second kappa shape index (κ2) is 6.35. The van der Waals surface area contributed by atoms with E-state index in [9.17, 15) is 14.2 Å². The zero-order chi connectivity index (χ0) is 16.4. The van der Waals surface area contributed by atoms with Crippen molar-refractivity contribution in [2.75, 3.05) is 33.0 Å². The molecule has 0 aromatic rings. The summed E-state index contributed by atoms with van der Waals surface area (Å²) in [5.74, 6) is -0.330. The van der Waals surface area contributed by atoms with Crippen molar-refractivity contribution >= 4 is 19.0 Å². The first kappa shape index (κ1) is 18.0. The minimum Gasteiger partial charge on any atom is -0.335 e. The normalized spacial score (nSPS) is 21.2. The van der Waals surface area contributed by atoms with Crippen LogP contribution in [-0.4, -0.2) is 65.8 Å². The van der Waals surface area contributed by atoms with Crippen LogP contribution in [0.15, 0.2) is 12.7 Å². The highest BCUT2D eigenvalue weighted by Crippen LogP contribution is 2.53. The Balaban J connectivity index is 2.87. The van der Waals surface area contributed by atoms with E-state index in [0.717, 1.165) is 6.42 Å². The summed E-state index contributed by atoms with van der Waals surface area (Å²) in [6.45, 7) is 13.9. The van der Waals surface area contributed by atoms with Gasteiger partial charge in [-0.15, -0.1) is 0 Å². The third-order valence-electron chi connectivity index (χ3n) is 4.38. The fraction of sp³-hybridized carbons (Fsp3) is 0.733. The summed E-state index contributed by atoms with van der Waals surface area (Å²) in [5, 5.41) is 0. The van der Waals surface area contributed by atoms with Gasteiger partial charge in [-0.2, -0.15) is 0 Å². The van der Waals surface area contributed by atoms with Crippen molar-refractivity contribution in [2.24, 2.45) is 0 Å². The van der Waals surface area contributed by atoms with Gasteiger partial charge < -0.3 is 14.4 Å². The van der Waals surface area contributed by atoms with Crippen molar-refractivity contribution in [1.29, 1.82) is 0 Å². The van der Waals surface area contributed by atoms with Gasteiger partial charge in [-0.3, -0.25) is 9.59 Å². The van der Waals surface area contributed by atoms with Crippen molar-refractivity contribution < 1.29 is 14.2 Å². The number of rotatable bonds is 5. The molecule has 0 N–H and O–H groups in total. The van der Waals surface area contributed by atoms with E-state index in [0.29, 0.717) is 13.1 Å². The Morgan fingerprint density at radius 3 is 2.38 bits per heavy atom. The Hall–Kier alpha value is -1.09. The van der Waals surface area contributed by atoms with Gasteiger partial charge in [0.25, 0.3) is 0 Å². The average molecular weight is 314 g/mol. The molecular formula is C15H27N2O3P. The van der Waals surface area contributed by atoms with E-state index in [1.54, 1.807) is 18.2 Å². The first-order chi connectivity index (χ1) is 9.55. The molecule has 6 heteroatoms. The summed E-state index contributed by atoms with van der Waals surface area (Å²) in [5.41, 5.74) is -0.425. The molecule has 0 spiro atoms. The first-order valence-electron chi connectivity index (χ1n) is 7.32. The van der Waals surface area contributed by atoms with E-state index in [1.807, 2.05) is 20.8 Å². The predicted molar refractivity (Wildman–Crippen MR) is 86.1 cm³/mol. The standard InChI is InChI=1S/C15H27N2O3P/c1-7-13(18)16(8-2)11-14(19)17-10-9-12(15(17,3)4)21(5,6)20/h7,12H,1,8-11H2,2-6H3. The highest BCUT2D eigenvalue weighted by molar-refractivity contribution is 7.63. The van der Waals surface area contributed by atoms with Gasteiger partial charge in [-0.1, -0.05) is 6.58 Å². The molecule has 0 bridgehead atoms. The summed E-state index contributed by atoms with van der Waals surface area (Å²) >= 11 is 0. The maximum Gasteiger partial charge on any atom is 0.246 e. The molecule has 2 amide bonds. The van der Waals surface area contributed by atoms with Gasteiger partial charge in [0.1, 0.15) is 6.54 Å². The van der Waals surface area contributed by atoms with Crippen LogP contribution in [0.4, 0.5) is 0 Å². The van der Waals surface area contributed by atoms with E-state index in [4.69, 9.17) is 0 Å². The van der Waals surface area contributed by atoms with Crippen molar-refractivity contribution in [2.45, 2.75) is 38.4 Å². The Bertz CT molecular complexity index is 481. The first-order valence-corrected chi connectivity index (χ1v) is 9.99. The fourth-order valence-corrected chi connectivity index (χ4v) is 5.71. The maximum absolute atomic E-state index is 12.5. The summed E-state index contributed by atoms with van der Waals surface area (Å²) in [7, 11) is -2.27. The lowest BCUT2D eigenvalue weighted by molar-refractivity contribution is -0.140. The maximum atomic E-state index is 12.5. The van der Waals surface area contributed by atoms with Gasteiger partial charge in [0.05, 0.1) is 7.14 Å². The molecule has 5 nitrogen and oxygen atoms in total. The largest absolute Gasteiger partial charge is 0.335 e. The minimum atomic E-state index is -2.27. The van der Waals surface area contributed by atoms with Crippen LogP contribution in [0.1, 0.15) is 27.2 Å². The Morgan fingerprint density at radius 2 is 2.00 bits per heavy atom. The molecule has 0 aliphatic carbocycles. The van der Waals surface area contributed by atoms with Crippen molar-refractivity contribution in [3.8, 4) is 0 Å². The number of carbonyl (C=O) groups is 2. The van der Waals surface area contributed by atoms with Gasteiger partial charge in [0.15, 0.2) is 0 Å². The molecule has 0 radical (unpaired) electrons. The van der Waals surface area contributed by atoms with Gasteiger partial charge in [-0.25, -0.2) is 0 Å². The lowest BCUT2D eigenvalue weighted by atomic mass is 10.0. The molecular weight excluding hydrogens is 287 g/mol. The molecule has 1 aliphatic rings. The number of hydrogen-bond acceptors (Lipinski definition) is 3. The van der Waals surface area contributed by atoms with Crippen molar-refractivity contribution in [3.63, 3.8) is 0 Å². The van der Waals surface area contributed by atoms with E-state index in [1.165, 1.54) is 11.0 Å². The number of likely N-dealkylation sites (tertiary alicyclic amines) is 1. The van der Waals surface area contributed by atoms with Crippen molar-refractivity contribution in [1.82, 2.24) is 9.80 Å². The lowest BCUT2D eigenvalue weighted by Crippen LogP contribution is -2.51. The van der Waals surface area contributed by atoms with Crippen LogP contribution < -0.4 is 0 Å². The zero-order valence-electron chi connectivity index (χ0n) is 13.8. The number of hydrogen-bond donors (Lipinski definition) is 0. The van der Waals surface area contributed by atoms with Gasteiger partial charge in [-0.05, 0) is 46.6 Å². The number of likely N-dealkylation sites (N-methyl/N-ethyl adjacent to an activating group) is 1. The predicted octanol–water partition coefficient (Wildman–Crippen LogP) is 2.02. The van der Waals surface area contributed by atoms with Crippen LogP contribution in [0.25, 0.3) is 0 Å². The molecule has 0 aromatic heterocycles. The molecule has 21 heavy (non-hydrogen) atoms. The smallest absolute Gasteiger partial charge is 0.246 e. The van der Waals surface area contributed by atoms with Gasteiger partial charge in [0.2, 0.25) is 11.8 Å². The van der Waals surface area contributed by atoms with Crippen LogP contribution in [0, 0.1) is 0 Å². The van der Waals surface area contributed by atoms with Crippen LogP contribution in [0.3, 0.4) is 0 Å². The highest BCUT2D eigenvalue weighted by atomic mass is 31.2. The summed E-state index contributed by atoms with van der Waals surface area (Å²) < 4.78 is 12.4. The monoisotopic (exact) mass is 314 g/mol. The SMILES string of the molecule is C=CC(=O)N(CC)CC(=O)N1CCC(P(C)(C)=O)C1(C)C. The van der Waals surface area contributed by atoms with Crippen LogP contribution in [0.2, 0.25) is 0 Å². The average Bonchev–Trinajstić information content (AvgIpc) is 2.69. The molecule has 1 rings (SSSR count). The van der Waals surface area contributed by atoms with Gasteiger partial charge >= 0.3 is 0 Å². The Labute approximate surface area is 127 Å². The van der Waals surface area contributed by atoms with Gasteiger partial charge in [0, 0.05) is 24.3 Å². The molecule has 1 atom stereocenters. The summed E-state index contributed by atoms with van der Waals surface area (Å²) in [4.78, 5) is 27.4. The van der Waals surface area contributed by atoms with Crippen molar-refractivity contribution in [3.05, 3.63) is 12.7 Å². The van der Waals surface area contributed by atoms with E-state index < -0.39 is 12.7 Å². The minimum absolute atomic E-state index is 0.0131. The Kier molecular flexibility index (Phi) is 5.43. The molecule has 1 fully saturated rings. The molecule has 1 heterocycles. The molecule has 1 saturated heterocycles. The van der Waals surface area contributed by atoms with Crippen LogP contribution in [0.5, 0.6) is 0 Å². The third kappa shape index (κ3) is 3.76. The number of amides is 2. The molecule has 1 unspecified atom stereocenters. The molecule has 0 saturated carbocycles. The second-order valence-corrected chi connectivity index (χ2v) is 9.99. The zero-order valence-corrected chi connectivity index (χ0v) is 14.7. The number of nitrogens with zero attached hydrogens (tertiary/aromatic N) is 2. The van der Waals surface area contributed by atoms with Crippen LogP contribution >= 0.6 is 7.14 Å². The lowest BCUT2D eigenvalue weighted by Gasteiger charge is -2.38. The molecule has 0 aromatic carbocycles. The second-order valence-electron chi connectivity index (χ2n) is 6.49. The van der Waals surface area contributed by atoms with Crippen LogP contribution in [-0.2, 0) is 14.2 Å². The molecule has 120 valence electrons. The Morgan fingerprint density at radius 1 is 1.43 bits per heavy atom. The van der Waals surface area contributed by atoms with E-state index >= 15 is 0 Å². The number of carbonyl (C=O) groups excluding carboxylic acids is 2.